The van der Waals surface area contributed by atoms with Gasteiger partial charge in [0.25, 0.3) is 0 Å². The smallest absolute Gasteiger partial charge is 0.0887 e. The lowest BCUT2D eigenvalue weighted by Crippen LogP contribution is -2.01. The predicted octanol–water partition coefficient (Wildman–Crippen LogP) is 2.35. The van der Waals surface area contributed by atoms with E-state index in [-0.39, 0.29) is 0 Å². The van der Waals surface area contributed by atoms with Crippen LogP contribution in [0.5, 0.6) is 0 Å². The number of rotatable bonds is 8. The molecular formula is C12H22O3. The topological polar surface area (TPSA) is 49.7 Å². The fourth-order valence-electron chi connectivity index (χ4n) is 1.10. The van der Waals surface area contributed by atoms with Gasteiger partial charge in [-0.1, -0.05) is 26.7 Å². The van der Waals surface area contributed by atoms with Crippen LogP contribution in [0.4, 0.5) is 0 Å². The van der Waals surface area contributed by atoms with Gasteiger partial charge in [-0.2, -0.15) is 0 Å². The van der Waals surface area contributed by atoms with Crippen LogP contribution in [-0.2, 0) is 4.74 Å². The van der Waals surface area contributed by atoms with Crippen molar-refractivity contribution in [3.63, 3.8) is 0 Å². The Kier molecular flexibility index (Phi) is 9.22. The Hall–Kier alpha value is -0.800. The molecule has 0 fully saturated rings. The summed E-state index contributed by atoms with van der Waals surface area (Å²) in [5.41, 5.74) is 0. The molecule has 2 N–H and O–H groups in total. The maximum absolute atomic E-state index is 9.30. The number of hydrogen-bond donors (Lipinski definition) is 2. The summed E-state index contributed by atoms with van der Waals surface area (Å²) < 4.78 is 4.99. The van der Waals surface area contributed by atoms with Crippen LogP contribution in [0.3, 0.4) is 0 Å². The molecule has 0 aliphatic rings. The number of hydrogen-bond acceptors (Lipinski definition) is 3. The number of aliphatic hydroxyl groups is 2. The second kappa shape index (κ2) is 9.74. The third-order valence-electron chi connectivity index (χ3n) is 1.93. The minimum absolute atomic E-state index is 0.441. The molecule has 0 aromatic carbocycles. The van der Waals surface area contributed by atoms with Crippen LogP contribution in [0, 0.1) is 0 Å². The van der Waals surface area contributed by atoms with Crippen molar-refractivity contribution in [1.29, 1.82) is 0 Å². The molecule has 0 aliphatic carbocycles. The van der Waals surface area contributed by atoms with E-state index in [0.717, 1.165) is 25.7 Å². The van der Waals surface area contributed by atoms with Crippen molar-refractivity contribution >= 4 is 0 Å². The van der Waals surface area contributed by atoms with E-state index in [0.29, 0.717) is 0 Å². The quantitative estimate of drug-likeness (QED) is 0.610. The first-order chi connectivity index (χ1) is 7.20. The first kappa shape index (κ1) is 14.2. The zero-order chi connectivity index (χ0) is 11.5. The van der Waals surface area contributed by atoms with E-state index < -0.39 is 12.2 Å². The molecule has 0 amide bonds. The summed E-state index contributed by atoms with van der Waals surface area (Å²) in [6.07, 6.45) is 8.55. The summed E-state index contributed by atoms with van der Waals surface area (Å²) in [6.45, 7) is 4.03. The third-order valence-corrected chi connectivity index (χ3v) is 1.93. The van der Waals surface area contributed by atoms with Gasteiger partial charge in [0.05, 0.1) is 24.7 Å². The molecule has 0 aliphatic heterocycles. The standard InChI is InChI=1S/C12H22O3/c1-3-5-11(13)7-9-15-10-8-12(14)6-4-2/h7-14H,3-6H2,1-2H3/b9-7+,10-8+. The summed E-state index contributed by atoms with van der Waals surface area (Å²) in [6, 6.07) is 0. The fraction of sp³-hybridized carbons (Fsp3) is 0.667. The van der Waals surface area contributed by atoms with Gasteiger partial charge in [-0.05, 0) is 25.0 Å². The Morgan fingerprint density at radius 2 is 1.33 bits per heavy atom. The summed E-state index contributed by atoms with van der Waals surface area (Å²) in [7, 11) is 0. The average molecular weight is 214 g/mol. The first-order valence-electron chi connectivity index (χ1n) is 5.55. The van der Waals surface area contributed by atoms with Crippen molar-refractivity contribution in [3.8, 4) is 0 Å². The van der Waals surface area contributed by atoms with E-state index >= 15 is 0 Å². The molecule has 0 spiro atoms. The highest BCUT2D eigenvalue weighted by molar-refractivity contribution is 4.87. The van der Waals surface area contributed by atoms with E-state index in [2.05, 4.69) is 0 Å². The zero-order valence-corrected chi connectivity index (χ0v) is 9.60. The summed E-state index contributed by atoms with van der Waals surface area (Å²) in [4.78, 5) is 0. The van der Waals surface area contributed by atoms with Gasteiger partial charge in [-0.15, -0.1) is 0 Å². The fourth-order valence-corrected chi connectivity index (χ4v) is 1.10. The van der Waals surface area contributed by atoms with Crippen molar-refractivity contribution in [1.82, 2.24) is 0 Å². The Morgan fingerprint density at radius 3 is 1.67 bits per heavy atom. The van der Waals surface area contributed by atoms with Crippen molar-refractivity contribution in [3.05, 3.63) is 24.7 Å². The molecule has 0 bridgehead atoms. The lowest BCUT2D eigenvalue weighted by atomic mass is 10.2. The molecule has 0 aromatic rings. The number of ether oxygens (including phenoxy) is 1. The molecule has 3 nitrogen and oxygen atoms in total. The van der Waals surface area contributed by atoms with Gasteiger partial charge in [-0.25, -0.2) is 0 Å². The predicted molar refractivity (Wildman–Crippen MR) is 61.2 cm³/mol. The molecule has 0 rings (SSSR count). The van der Waals surface area contributed by atoms with Gasteiger partial charge >= 0.3 is 0 Å². The van der Waals surface area contributed by atoms with E-state index in [1.54, 1.807) is 12.2 Å². The maximum atomic E-state index is 9.30. The minimum atomic E-state index is -0.441. The maximum Gasteiger partial charge on any atom is 0.0887 e. The molecule has 0 saturated heterocycles. The summed E-state index contributed by atoms with van der Waals surface area (Å²) in [5.74, 6) is 0. The highest BCUT2D eigenvalue weighted by atomic mass is 16.5. The molecule has 0 heterocycles. The normalized spacial score (nSPS) is 16.0. The molecule has 3 heteroatoms. The van der Waals surface area contributed by atoms with Crippen LogP contribution in [0.15, 0.2) is 24.7 Å². The Bertz CT molecular complexity index is 167. The molecule has 15 heavy (non-hydrogen) atoms. The Morgan fingerprint density at radius 1 is 0.933 bits per heavy atom. The molecule has 0 saturated carbocycles. The van der Waals surface area contributed by atoms with E-state index in [1.165, 1.54) is 12.5 Å². The highest BCUT2D eigenvalue weighted by Crippen LogP contribution is 1.99. The Labute approximate surface area is 92.1 Å². The van der Waals surface area contributed by atoms with Crippen LogP contribution in [0.25, 0.3) is 0 Å². The van der Waals surface area contributed by atoms with Gasteiger partial charge < -0.3 is 14.9 Å². The second-order valence-electron chi connectivity index (χ2n) is 3.51. The summed E-state index contributed by atoms with van der Waals surface area (Å²) in [5, 5.41) is 18.6. The van der Waals surface area contributed by atoms with Gasteiger partial charge in [0, 0.05) is 0 Å². The van der Waals surface area contributed by atoms with E-state index in [9.17, 15) is 10.2 Å². The van der Waals surface area contributed by atoms with Gasteiger partial charge in [0.15, 0.2) is 0 Å². The average Bonchev–Trinajstić information content (AvgIpc) is 2.18. The van der Waals surface area contributed by atoms with Crippen molar-refractivity contribution < 1.29 is 14.9 Å². The van der Waals surface area contributed by atoms with Crippen LogP contribution >= 0.6 is 0 Å². The van der Waals surface area contributed by atoms with Crippen molar-refractivity contribution in [2.24, 2.45) is 0 Å². The van der Waals surface area contributed by atoms with Crippen LogP contribution < -0.4 is 0 Å². The first-order valence-corrected chi connectivity index (χ1v) is 5.55. The van der Waals surface area contributed by atoms with Crippen LogP contribution in [0.2, 0.25) is 0 Å². The van der Waals surface area contributed by atoms with Crippen molar-refractivity contribution in [2.75, 3.05) is 0 Å². The third kappa shape index (κ3) is 9.50. The van der Waals surface area contributed by atoms with Gasteiger partial charge in [0.2, 0.25) is 0 Å². The van der Waals surface area contributed by atoms with Gasteiger partial charge in [-0.3, -0.25) is 0 Å². The molecule has 2 unspecified atom stereocenters. The zero-order valence-electron chi connectivity index (χ0n) is 9.60. The largest absolute Gasteiger partial charge is 0.473 e. The molecular weight excluding hydrogens is 192 g/mol. The molecule has 2 atom stereocenters. The minimum Gasteiger partial charge on any atom is -0.473 e. The van der Waals surface area contributed by atoms with E-state index in [4.69, 9.17) is 4.74 Å². The molecule has 88 valence electrons. The van der Waals surface area contributed by atoms with Crippen molar-refractivity contribution in [2.45, 2.75) is 51.7 Å². The van der Waals surface area contributed by atoms with Gasteiger partial charge in [0.1, 0.15) is 0 Å². The highest BCUT2D eigenvalue weighted by Gasteiger charge is 1.96. The van der Waals surface area contributed by atoms with E-state index in [1.807, 2.05) is 13.8 Å². The molecule has 0 aromatic heterocycles. The lowest BCUT2D eigenvalue weighted by Gasteiger charge is -2.02. The van der Waals surface area contributed by atoms with Crippen LogP contribution in [-0.4, -0.2) is 22.4 Å². The SMILES string of the molecule is CCCC(O)/C=C/O/C=C/C(O)CCC. The second-order valence-corrected chi connectivity index (χ2v) is 3.51. The number of aliphatic hydroxyl groups excluding tert-OH is 2. The lowest BCUT2D eigenvalue weighted by molar-refractivity contribution is 0.204. The summed E-state index contributed by atoms with van der Waals surface area (Å²) >= 11 is 0. The van der Waals surface area contributed by atoms with Crippen LogP contribution in [0.1, 0.15) is 39.5 Å². The monoisotopic (exact) mass is 214 g/mol. The molecule has 0 radical (unpaired) electrons. The Balaban J connectivity index is 3.59.